The Morgan fingerprint density at radius 1 is 0.426 bits per heavy atom. The second-order valence-electron chi connectivity index (χ2n) is 12.1. The predicted molar refractivity (Wildman–Crippen MR) is 202 cm³/mol. The minimum Gasteiger partial charge on any atom is -0.456 e. The van der Waals surface area contributed by atoms with Gasteiger partial charge in [-0.2, -0.15) is 0 Å². The zero-order valence-electron chi connectivity index (χ0n) is 25.4. The number of hydrogen-bond acceptors (Lipinski definition) is 3. The van der Waals surface area contributed by atoms with Crippen LogP contribution in [0.25, 0.3) is 74.8 Å². The average molecular weight is 618 g/mol. The van der Waals surface area contributed by atoms with Crippen LogP contribution in [0.2, 0.25) is 0 Å². The third kappa shape index (κ3) is 4.17. The molecule has 0 amide bonds. The van der Waals surface area contributed by atoms with Crippen LogP contribution in [0, 0.1) is 0 Å². The maximum atomic E-state index is 6.53. The summed E-state index contributed by atoms with van der Waals surface area (Å²) in [5.41, 5.74) is 7.51. The van der Waals surface area contributed by atoms with Crippen molar-refractivity contribution in [2.24, 2.45) is 0 Å². The molecular weight excluding hydrogens is 591 g/mol. The molecule has 0 fully saturated rings. The summed E-state index contributed by atoms with van der Waals surface area (Å²) in [7, 11) is 0. The molecule has 8 aromatic carbocycles. The Kier molecular flexibility index (Phi) is 5.78. The van der Waals surface area contributed by atoms with Crippen LogP contribution < -0.4 is 4.90 Å². The van der Waals surface area contributed by atoms with E-state index in [9.17, 15) is 0 Å². The quantitative estimate of drug-likeness (QED) is 0.195. The van der Waals surface area contributed by atoms with E-state index in [0.717, 1.165) is 39.0 Å². The molecule has 0 saturated heterocycles. The van der Waals surface area contributed by atoms with Crippen LogP contribution in [-0.4, -0.2) is 0 Å². The lowest BCUT2D eigenvalue weighted by Crippen LogP contribution is -2.10. The van der Waals surface area contributed by atoms with Gasteiger partial charge >= 0.3 is 0 Å². The van der Waals surface area contributed by atoms with Crippen molar-refractivity contribution in [3.8, 4) is 11.1 Å². The lowest BCUT2D eigenvalue weighted by atomic mass is 9.98. The number of nitrogens with zero attached hydrogens (tertiary/aromatic N) is 1. The van der Waals surface area contributed by atoms with E-state index in [-0.39, 0.29) is 0 Å². The van der Waals surface area contributed by atoms with Crippen molar-refractivity contribution < 1.29 is 4.42 Å². The van der Waals surface area contributed by atoms with Crippen molar-refractivity contribution >= 4 is 92.1 Å². The molecule has 2 heterocycles. The Morgan fingerprint density at radius 3 is 1.98 bits per heavy atom. The molecule has 0 spiro atoms. The third-order valence-electron chi connectivity index (χ3n) is 9.43. The summed E-state index contributed by atoms with van der Waals surface area (Å²) in [6.07, 6.45) is 0. The molecule has 2 nitrogen and oxygen atoms in total. The summed E-state index contributed by atoms with van der Waals surface area (Å²) < 4.78 is 9.13. The van der Waals surface area contributed by atoms with Gasteiger partial charge in [0.25, 0.3) is 0 Å². The minimum absolute atomic E-state index is 0.882. The lowest BCUT2D eigenvalue weighted by molar-refractivity contribution is 0.669. The van der Waals surface area contributed by atoms with E-state index in [1.807, 2.05) is 11.3 Å². The zero-order chi connectivity index (χ0) is 30.9. The van der Waals surface area contributed by atoms with Gasteiger partial charge in [-0.15, -0.1) is 11.3 Å². The van der Waals surface area contributed by atoms with Gasteiger partial charge in [0.2, 0.25) is 0 Å². The van der Waals surface area contributed by atoms with Gasteiger partial charge in [-0.05, 0) is 93.3 Å². The molecule has 10 aromatic rings. The van der Waals surface area contributed by atoms with Crippen molar-refractivity contribution in [3.63, 3.8) is 0 Å². The summed E-state index contributed by atoms with van der Waals surface area (Å²) in [5.74, 6) is 0. The topological polar surface area (TPSA) is 16.4 Å². The standard InChI is InChI=1S/C44H27NOS/c1-2-11-31-26-41-38(25-30(31)10-1)44-39(16-8-17-40(44)46-41)45(33-23-24-43-37(27-33)36-14-5-6-18-42(36)47-43)32-21-19-29(20-22-32)35-15-7-12-28-9-3-4-13-34(28)35/h1-27H. The normalized spacial score (nSPS) is 11.8. The zero-order valence-corrected chi connectivity index (χ0v) is 26.2. The van der Waals surface area contributed by atoms with Crippen LogP contribution in [0.5, 0.6) is 0 Å². The number of hydrogen-bond donors (Lipinski definition) is 0. The first-order chi connectivity index (χ1) is 23.3. The summed E-state index contributed by atoms with van der Waals surface area (Å²) in [6, 6.07) is 59.1. The van der Waals surface area contributed by atoms with Crippen molar-refractivity contribution in [1.29, 1.82) is 0 Å². The van der Waals surface area contributed by atoms with Crippen molar-refractivity contribution in [2.45, 2.75) is 0 Å². The van der Waals surface area contributed by atoms with Crippen LogP contribution in [0.4, 0.5) is 17.1 Å². The maximum absolute atomic E-state index is 6.53. The van der Waals surface area contributed by atoms with Gasteiger partial charge < -0.3 is 9.32 Å². The van der Waals surface area contributed by atoms with E-state index >= 15 is 0 Å². The van der Waals surface area contributed by atoms with Gasteiger partial charge in [0.15, 0.2) is 0 Å². The van der Waals surface area contributed by atoms with E-state index in [2.05, 4.69) is 169 Å². The number of thiophene rings is 1. The maximum Gasteiger partial charge on any atom is 0.137 e. The Balaban J connectivity index is 1.22. The van der Waals surface area contributed by atoms with E-state index in [4.69, 9.17) is 4.42 Å². The Morgan fingerprint density at radius 2 is 1.11 bits per heavy atom. The number of rotatable bonds is 4. The summed E-state index contributed by atoms with van der Waals surface area (Å²) in [6.45, 7) is 0. The van der Waals surface area contributed by atoms with E-state index < -0.39 is 0 Å². The average Bonchev–Trinajstić information content (AvgIpc) is 3.69. The third-order valence-corrected chi connectivity index (χ3v) is 10.6. The predicted octanol–water partition coefficient (Wildman–Crippen LogP) is 13.4. The van der Waals surface area contributed by atoms with Crippen LogP contribution >= 0.6 is 11.3 Å². The molecule has 2 aromatic heterocycles. The fraction of sp³-hybridized carbons (Fsp3) is 0. The molecule has 220 valence electrons. The van der Waals surface area contributed by atoms with Gasteiger partial charge in [0, 0.05) is 36.9 Å². The second kappa shape index (κ2) is 10.3. The minimum atomic E-state index is 0.882. The van der Waals surface area contributed by atoms with Crippen molar-refractivity contribution in [2.75, 3.05) is 4.90 Å². The van der Waals surface area contributed by atoms with Gasteiger partial charge in [0.05, 0.1) is 11.1 Å². The molecule has 0 N–H and O–H groups in total. The highest BCUT2D eigenvalue weighted by Crippen LogP contribution is 2.46. The monoisotopic (exact) mass is 617 g/mol. The molecule has 0 aliphatic carbocycles. The molecule has 0 atom stereocenters. The fourth-order valence-corrected chi connectivity index (χ4v) is 8.31. The van der Waals surface area contributed by atoms with Gasteiger partial charge in [-0.3, -0.25) is 0 Å². The molecule has 10 rings (SSSR count). The van der Waals surface area contributed by atoms with E-state index in [1.54, 1.807) is 0 Å². The molecule has 47 heavy (non-hydrogen) atoms. The number of fused-ring (bicyclic) bond motifs is 8. The molecule has 0 unspecified atom stereocenters. The Labute approximate surface area is 275 Å². The summed E-state index contributed by atoms with van der Waals surface area (Å²) >= 11 is 1.85. The summed E-state index contributed by atoms with van der Waals surface area (Å²) in [5, 5.41) is 9.69. The SMILES string of the molecule is c1ccc2cc3c(cc2c1)oc1cccc(N(c2ccc(-c4cccc5ccccc45)cc2)c2ccc4sc5ccccc5c4c2)c13. The first-order valence-corrected chi connectivity index (χ1v) is 16.7. The molecule has 0 aliphatic heterocycles. The molecule has 3 heteroatoms. The van der Waals surface area contributed by atoms with Crippen molar-refractivity contribution in [1.82, 2.24) is 0 Å². The van der Waals surface area contributed by atoms with Crippen molar-refractivity contribution in [3.05, 3.63) is 164 Å². The van der Waals surface area contributed by atoms with Crippen LogP contribution in [0.15, 0.2) is 168 Å². The first-order valence-electron chi connectivity index (χ1n) is 15.9. The Hall–Kier alpha value is -5.90. The highest BCUT2D eigenvalue weighted by Gasteiger charge is 2.21. The van der Waals surface area contributed by atoms with E-state index in [1.165, 1.54) is 52.8 Å². The number of furan rings is 1. The Bertz CT molecular complexity index is 2800. The highest BCUT2D eigenvalue weighted by molar-refractivity contribution is 7.25. The highest BCUT2D eigenvalue weighted by atomic mass is 32.1. The summed E-state index contributed by atoms with van der Waals surface area (Å²) in [4.78, 5) is 2.39. The second-order valence-corrected chi connectivity index (χ2v) is 13.2. The smallest absolute Gasteiger partial charge is 0.137 e. The van der Waals surface area contributed by atoms with E-state index in [0.29, 0.717) is 0 Å². The van der Waals surface area contributed by atoms with Crippen LogP contribution in [-0.2, 0) is 0 Å². The van der Waals surface area contributed by atoms with Gasteiger partial charge in [-0.25, -0.2) is 0 Å². The van der Waals surface area contributed by atoms with Gasteiger partial charge in [-0.1, -0.05) is 103 Å². The largest absolute Gasteiger partial charge is 0.456 e. The number of anilines is 3. The van der Waals surface area contributed by atoms with Crippen LogP contribution in [0.1, 0.15) is 0 Å². The molecule has 0 aliphatic rings. The number of benzene rings is 8. The molecule has 0 saturated carbocycles. The molecule has 0 radical (unpaired) electrons. The molecular formula is C44H27NOS. The van der Waals surface area contributed by atoms with Crippen LogP contribution in [0.3, 0.4) is 0 Å². The first kappa shape index (κ1) is 26.3. The molecule has 0 bridgehead atoms. The fourth-order valence-electron chi connectivity index (χ4n) is 7.23. The lowest BCUT2D eigenvalue weighted by Gasteiger charge is -2.26. The van der Waals surface area contributed by atoms with Gasteiger partial charge in [0.1, 0.15) is 11.2 Å².